The van der Waals surface area contributed by atoms with Crippen LogP contribution in [-0.2, 0) is 0 Å². The van der Waals surface area contributed by atoms with E-state index in [1.165, 1.54) is 18.2 Å². The van der Waals surface area contributed by atoms with Crippen molar-refractivity contribution >= 4 is 5.91 Å². The number of piperazine rings is 1. The predicted octanol–water partition coefficient (Wildman–Crippen LogP) is 2.02. The van der Waals surface area contributed by atoms with Gasteiger partial charge in [0.1, 0.15) is 5.75 Å². The Morgan fingerprint density at radius 1 is 1.45 bits per heavy atom. The van der Waals surface area contributed by atoms with Crippen LogP contribution in [0.4, 0.5) is 13.2 Å². The van der Waals surface area contributed by atoms with Crippen molar-refractivity contribution in [3.63, 3.8) is 0 Å². The van der Waals surface area contributed by atoms with Gasteiger partial charge in [-0.05, 0) is 25.1 Å². The molecular weight excluding hydrogens is 273 g/mol. The van der Waals surface area contributed by atoms with Crippen LogP contribution in [0, 0.1) is 0 Å². The molecule has 0 spiro atoms. The van der Waals surface area contributed by atoms with E-state index in [0.29, 0.717) is 19.6 Å². The highest BCUT2D eigenvalue weighted by Gasteiger charge is 2.31. The van der Waals surface area contributed by atoms with Gasteiger partial charge in [0.05, 0.1) is 0 Å². The molecule has 2 rings (SSSR count). The van der Waals surface area contributed by atoms with Crippen LogP contribution >= 0.6 is 0 Å². The number of carbonyl (C=O) groups excluding carboxylic acids is 1. The summed E-state index contributed by atoms with van der Waals surface area (Å²) in [5.74, 6) is -0.669. The number of ether oxygens (including phenoxy) is 1. The summed E-state index contributed by atoms with van der Waals surface area (Å²) in [6, 6.07) is 5.31. The number of amides is 1. The molecule has 4 nitrogen and oxygen atoms in total. The molecule has 20 heavy (non-hydrogen) atoms. The predicted molar refractivity (Wildman–Crippen MR) is 66.5 cm³/mol. The minimum Gasteiger partial charge on any atom is -0.406 e. The summed E-state index contributed by atoms with van der Waals surface area (Å²) in [4.78, 5) is 13.8. The van der Waals surface area contributed by atoms with Crippen molar-refractivity contribution in [2.75, 3.05) is 19.6 Å². The molecule has 1 N–H and O–H groups in total. The highest BCUT2D eigenvalue weighted by molar-refractivity contribution is 5.94. The zero-order chi connectivity index (χ0) is 14.8. The third-order valence-corrected chi connectivity index (χ3v) is 2.97. The first-order chi connectivity index (χ1) is 9.35. The van der Waals surface area contributed by atoms with E-state index in [0.717, 1.165) is 6.07 Å². The van der Waals surface area contributed by atoms with E-state index in [4.69, 9.17) is 0 Å². The van der Waals surface area contributed by atoms with Crippen molar-refractivity contribution in [2.24, 2.45) is 0 Å². The van der Waals surface area contributed by atoms with Gasteiger partial charge in [-0.1, -0.05) is 6.07 Å². The summed E-state index contributed by atoms with van der Waals surface area (Å²) in [6.45, 7) is 3.69. The van der Waals surface area contributed by atoms with Crippen LogP contribution in [0.15, 0.2) is 24.3 Å². The van der Waals surface area contributed by atoms with E-state index in [2.05, 4.69) is 10.1 Å². The largest absolute Gasteiger partial charge is 0.573 e. The maximum Gasteiger partial charge on any atom is 0.573 e. The fraction of sp³-hybridized carbons (Fsp3) is 0.462. The molecule has 1 atom stereocenters. The van der Waals surface area contributed by atoms with E-state index >= 15 is 0 Å². The van der Waals surface area contributed by atoms with Crippen LogP contribution in [0.5, 0.6) is 5.75 Å². The molecule has 1 heterocycles. The number of carbonyl (C=O) groups is 1. The third kappa shape index (κ3) is 3.86. The number of rotatable bonds is 2. The number of benzene rings is 1. The molecule has 110 valence electrons. The average molecular weight is 288 g/mol. The van der Waals surface area contributed by atoms with Gasteiger partial charge in [-0.3, -0.25) is 4.79 Å². The molecule has 1 unspecified atom stereocenters. The molecular formula is C13H15F3N2O2. The summed E-state index contributed by atoms with van der Waals surface area (Å²) in [6.07, 6.45) is -4.76. The van der Waals surface area contributed by atoms with Crippen LogP contribution in [0.1, 0.15) is 17.3 Å². The molecule has 1 fully saturated rings. The van der Waals surface area contributed by atoms with Crippen LogP contribution in [-0.4, -0.2) is 42.8 Å². The maximum atomic E-state index is 12.2. The van der Waals surface area contributed by atoms with Crippen molar-refractivity contribution in [3.8, 4) is 5.75 Å². The highest BCUT2D eigenvalue weighted by atomic mass is 19.4. The quantitative estimate of drug-likeness (QED) is 0.905. The summed E-state index contributed by atoms with van der Waals surface area (Å²) in [5, 5.41) is 3.19. The van der Waals surface area contributed by atoms with Crippen LogP contribution in [0.25, 0.3) is 0 Å². The third-order valence-electron chi connectivity index (χ3n) is 2.97. The Hall–Kier alpha value is -1.76. The monoisotopic (exact) mass is 288 g/mol. The minimum absolute atomic E-state index is 0.169. The molecule has 1 amide bonds. The molecule has 0 radical (unpaired) electrons. The summed E-state index contributed by atoms with van der Waals surface area (Å²) < 4.78 is 40.3. The van der Waals surface area contributed by atoms with Crippen LogP contribution < -0.4 is 10.1 Å². The van der Waals surface area contributed by atoms with Crippen molar-refractivity contribution in [3.05, 3.63) is 29.8 Å². The first kappa shape index (κ1) is 14.6. The van der Waals surface area contributed by atoms with Gasteiger partial charge in [-0.2, -0.15) is 0 Å². The van der Waals surface area contributed by atoms with E-state index < -0.39 is 6.36 Å². The Kier molecular flexibility index (Phi) is 4.17. The molecule has 1 aliphatic rings. The van der Waals surface area contributed by atoms with Gasteiger partial charge in [-0.25, -0.2) is 0 Å². The van der Waals surface area contributed by atoms with Crippen molar-refractivity contribution in [2.45, 2.75) is 19.3 Å². The van der Waals surface area contributed by atoms with Crippen LogP contribution in [0.3, 0.4) is 0 Å². The summed E-state index contributed by atoms with van der Waals surface area (Å²) in [7, 11) is 0. The molecule has 7 heteroatoms. The molecule has 0 saturated carbocycles. The lowest BCUT2D eigenvalue weighted by molar-refractivity contribution is -0.274. The van der Waals surface area contributed by atoms with E-state index in [-0.39, 0.29) is 23.3 Å². The first-order valence-electron chi connectivity index (χ1n) is 6.23. The molecule has 0 bridgehead atoms. The second-order valence-electron chi connectivity index (χ2n) is 4.68. The van der Waals surface area contributed by atoms with Gasteiger partial charge < -0.3 is 15.0 Å². The summed E-state index contributed by atoms with van der Waals surface area (Å²) in [5.41, 5.74) is 0.195. The van der Waals surface area contributed by atoms with Gasteiger partial charge >= 0.3 is 6.36 Å². The molecule has 0 aromatic heterocycles. The van der Waals surface area contributed by atoms with E-state index in [1.807, 2.05) is 6.92 Å². The standard InChI is InChI=1S/C13H15F3N2O2/c1-9-8-18(6-5-17-9)12(19)10-3-2-4-11(7-10)20-13(14,15)16/h2-4,7,9,17H,5-6,8H2,1H3. The number of hydrogen-bond acceptors (Lipinski definition) is 3. The first-order valence-corrected chi connectivity index (χ1v) is 6.23. The van der Waals surface area contributed by atoms with Gasteiger partial charge in [-0.15, -0.1) is 13.2 Å². The molecule has 1 aromatic carbocycles. The molecule has 1 aliphatic heterocycles. The normalized spacial score (nSPS) is 19.8. The smallest absolute Gasteiger partial charge is 0.406 e. The highest BCUT2D eigenvalue weighted by Crippen LogP contribution is 2.23. The second kappa shape index (κ2) is 5.70. The molecule has 1 aromatic rings. The van der Waals surface area contributed by atoms with Crippen molar-refractivity contribution in [1.82, 2.24) is 10.2 Å². The zero-order valence-electron chi connectivity index (χ0n) is 10.9. The summed E-state index contributed by atoms with van der Waals surface area (Å²) >= 11 is 0. The molecule has 0 aliphatic carbocycles. The lowest BCUT2D eigenvalue weighted by Gasteiger charge is -2.32. The Morgan fingerprint density at radius 2 is 2.20 bits per heavy atom. The van der Waals surface area contributed by atoms with E-state index in [1.54, 1.807) is 4.90 Å². The number of nitrogens with one attached hydrogen (secondary N) is 1. The van der Waals surface area contributed by atoms with Crippen molar-refractivity contribution < 1.29 is 22.7 Å². The Balaban J connectivity index is 2.12. The van der Waals surface area contributed by atoms with Crippen LogP contribution in [0.2, 0.25) is 0 Å². The second-order valence-corrected chi connectivity index (χ2v) is 4.68. The Morgan fingerprint density at radius 3 is 2.85 bits per heavy atom. The zero-order valence-corrected chi connectivity index (χ0v) is 10.9. The lowest BCUT2D eigenvalue weighted by atomic mass is 10.1. The fourth-order valence-corrected chi connectivity index (χ4v) is 2.13. The number of halogens is 3. The number of alkyl halides is 3. The molecule has 1 saturated heterocycles. The maximum absolute atomic E-state index is 12.2. The lowest BCUT2D eigenvalue weighted by Crippen LogP contribution is -2.51. The minimum atomic E-state index is -4.76. The fourth-order valence-electron chi connectivity index (χ4n) is 2.13. The Bertz CT molecular complexity index is 491. The Labute approximate surface area is 114 Å². The van der Waals surface area contributed by atoms with Crippen molar-refractivity contribution in [1.29, 1.82) is 0 Å². The van der Waals surface area contributed by atoms with Gasteiger partial charge in [0.25, 0.3) is 5.91 Å². The number of hydrogen-bond donors (Lipinski definition) is 1. The number of nitrogens with zero attached hydrogens (tertiary/aromatic N) is 1. The van der Waals surface area contributed by atoms with Gasteiger partial charge in [0.2, 0.25) is 0 Å². The topological polar surface area (TPSA) is 41.6 Å². The van der Waals surface area contributed by atoms with Gasteiger partial charge in [0, 0.05) is 31.2 Å². The van der Waals surface area contributed by atoms with Gasteiger partial charge in [0.15, 0.2) is 0 Å². The SMILES string of the molecule is CC1CN(C(=O)c2cccc(OC(F)(F)F)c2)CCN1. The van der Waals surface area contributed by atoms with E-state index in [9.17, 15) is 18.0 Å². The average Bonchev–Trinajstić information content (AvgIpc) is 2.36.